The second-order valence-electron chi connectivity index (χ2n) is 5.53. The maximum absolute atomic E-state index is 11.6. The lowest BCUT2D eigenvalue weighted by Gasteiger charge is -2.19. The number of esters is 1. The first-order valence-electron chi connectivity index (χ1n) is 7.04. The van der Waals surface area contributed by atoms with Gasteiger partial charge in [0.1, 0.15) is 5.60 Å². The molecular formula is C17H21NO4. The summed E-state index contributed by atoms with van der Waals surface area (Å²) in [5.41, 5.74) is 1.01. The number of rotatable bonds is 3. The van der Waals surface area contributed by atoms with Gasteiger partial charge in [-0.15, -0.1) is 0 Å². The Kier molecular flexibility index (Phi) is 6.46. The molecule has 1 aromatic rings. The second-order valence-corrected chi connectivity index (χ2v) is 5.53. The highest BCUT2D eigenvalue weighted by molar-refractivity contribution is 5.89. The third-order valence-electron chi connectivity index (χ3n) is 2.35. The Balaban J connectivity index is 2.61. The summed E-state index contributed by atoms with van der Waals surface area (Å²) in [5, 5.41) is 2.67. The molecule has 118 valence electrons. The quantitative estimate of drug-likeness (QED) is 0.688. The molecule has 0 aliphatic rings. The number of carbonyl (C=O) groups is 2. The molecule has 0 fully saturated rings. The molecule has 0 aromatic heterocycles. The van der Waals surface area contributed by atoms with E-state index >= 15 is 0 Å². The number of hydrogen-bond donors (Lipinski definition) is 1. The van der Waals surface area contributed by atoms with Crippen molar-refractivity contribution in [3.8, 4) is 11.8 Å². The van der Waals surface area contributed by atoms with Gasteiger partial charge in [-0.25, -0.2) is 9.59 Å². The smallest absolute Gasteiger partial charge is 0.407 e. The Bertz CT molecular complexity index is 591. The molecule has 0 spiro atoms. The van der Waals surface area contributed by atoms with Crippen LogP contribution in [0.15, 0.2) is 24.3 Å². The molecule has 5 nitrogen and oxygen atoms in total. The third-order valence-corrected chi connectivity index (χ3v) is 2.35. The van der Waals surface area contributed by atoms with Crippen molar-refractivity contribution < 1.29 is 19.1 Å². The molecular weight excluding hydrogens is 282 g/mol. The number of hydrogen-bond acceptors (Lipinski definition) is 4. The topological polar surface area (TPSA) is 64.6 Å². The first kappa shape index (κ1) is 17.6. The number of benzene rings is 1. The fourth-order valence-electron chi connectivity index (χ4n) is 1.54. The summed E-state index contributed by atoms with van der Waals surface area (Å²) in [4.78, 5) is 22.8. The minimum absolute atomic E-state index is 0.299. The van der Waals surface area contributed by atoms with Crippen molar-refractivity contribution in [3.63, 3.8) is 0 Å². The van der Waals surface area contributed by atoms with Crippen LogP contribution in [0.4, 0.5) is 4.79 Å². The molecule has 0 bridgehead atoms. The lowest BCUT2D eigenvalue weighted by atomic mass is 10.1. The summed E-state index contributed by atoms with van der Waals surface area (Å²) >= 11 is 0. The van der Waals surface area contributed by atoms with E-state index in [2.05, 4.69) is 17.2 Å². The normalized spacial score (nSPS) is 10.2. The van der Waals surface area contributed by atoms with Crippen molar-refractivity contribution in [2.75, 3.05) is 6.61 Å². The zero-order valence-corrected chi connectivity index (χ0v) is 13.4. The average molecular weight is 303 g/mol. The monoisotopic (exact) mass is 303 g/mol. The van der Waals surface area contributed by atoms with Crippen molar-refractivity contribution >= 4 is 12.1 Å². The summed E-state index contributed by atoms with van der Waals surface area (Å²) < 4.78 is 9.89. The van der Waals surface area contributed by atoms with Crippen LogP contribution in [0, 0.1) is 11.8 Å². The van der Waals surface area contributed by atoms with Gasteiger partial charge >= 0.3 is 12.1 Å². The molecule has 1 rings (SSSR count). The van der Waals surface area contributed by atoms with Crippen molar-refractivity contribution in [1.82, 2.24) is 5.32 Å². The van der Waals surface area contributed by atoms with Gasteiger partial charge in [0.15, 0.2) is 0 Å². The van der Waals surface area contributed by atoms with E-state index in [1.54, 1.807) is 45.9 Å². The van der Waals surface area contributed by atoms with Crippen LogP contribution in [0.5, 0.6) is 0 Å². The zero-order chi connectivity index (χ0) is 16.6. The van der Waals surface area contributed by atoms with Gasteiger partial charge in [-0.1, -0.05) is 18.1 Å². The molecule has 1 amide bonds. The minimum Gasteiger partial charge on any atom is -0.456 e. The number of nitrogens with one attached hydrogen (secondary N) is 1. The van der Waals surface area contributed by atoms with E-state index in [1.807, 2.05) is 6.07 Å². The van der Waals surface area contributed by atoms with Crippen molar-refractivity contribution in [1.29, 1.82) is 0 Å². The standard InChI is InChI=1S/C17H21NO4/c1-5-21-15(19)10-9-13-7-6-8-14(11-13)12-18-16(20)22-17(2,3)4/h6-8,11H,5,12H2,1-4H3,(H,18,20). The molecule has 0 atom stereocenters. The van der Waals surface area contributed by atoms with Gasteiger partial charge < -0.3 is 14.8 Å². The Morgan fingerprint density at radius 3 is 2.64 bits per heavy atom. The van der Waals surface area contributed by atoms with E-state index in [1.165, 1.54) is 0 Å². The molecule has 1 aromatic carbocycles. The lowest BCUT2D eigenvalue weighted by Crippen LogP contribution is -2.32. The Morgan fingerprint density at radius 1 is 1.27 bits per heavy atom. The molecule has 5 heteroatoms. The van der Waals surface area contributed by atoms with E-state index < -0.39 is 17.7 Å². The number of alkyl carbamates (subject to hydrolysis) is 1. The second kappa shape index (κ2) is 8.08. The highest BCUT2D eigenvalue weighted by Gasteiger charge is 2.15. The highest BCUT2D eigenvalue weighted by atomic mass is 16.6. The van der Waals surface area contributed by atoms with Crippen LogP contribution >= 0.6 is 0 Å². The molecule has 0 saturated heterocycles. The summed E-state index contributed by atoms with van der Waals surface area (Å²) in [7, 11) is 0. The summed E-state index contributed by atoms with van der Waals surface area (Å²) in [6.45, 7) is 7.76. The number of ether oxygens (including phenoxy) is 2. The van der Waals surface area contributed by atoms with Crippen LogP contribution < -0.4 is 5.32 Å². The van der Waals surface area contributed by atoms with Crippen LogP contribution in [0.2, 0.25) is 0 Å². The Hall–Kier alpha value is -2.48. The largest absolute Gasteiger partial charge is 0.456 e. The molecule has 0 aliphatic carbocycles. The summed E-state index contributed by atoms with van der Waals surface area (Å²) in [6.07, 6.45) is -0.476. The summed E-state index contributed by atoms with van der Waals surface area (Å²) in [6, 6.07) is 7.24. The molecule has 0 aliphatic heterocycles. The fourth-order valence-corrected chi connectivity index (χ4v) is 1.54. The van der Waals surface area contributed by atoms with E-state index in [9.17, 15) is 9.59 Å². The van der Waals surface area contributed by atoms with Crippen LogP contribution in [-0.2, 0) is 20.8 Å². The lowest BCUT2D eigenvalue weighted by molar-refractivity contribution is -0.136. The molecule has 0 heterocycles. The first-order valence-corrected chi connectivity index (χ1v) is 7.04. The van der Waals surface area contributed by atoms with Gasteiger partial charge in [-0.05, 0) is 45.4 Å². The van der Waals surface area contributed by atoms with Crippen LogP contribution in [0.1, 0.15) is 38.8 Å². The maximum Gasteiger partial charge on any atom is 0.407 e. The number of carbonyl (C=O) groups excluding carboxylic acids is 2. The molecule has 1 N–H and O–H groups in total. The van der Waals surface area contributed by atoms with Gasteiger partial charge in [-0.3, -0.25) is 0 Å². The van der Waals surface area contributed by atoms with Crippen molar-refractivity contribution in [2.45, 2.75) is 39.8 Å². The zero-order valence-electron chi connectivity index (χ0n) is 13.4. The summed E-state index contributed by atoms with van der Waals surface area (Å²) in [5.74, 6) is 4.57. The van der Waals surface area contributed by atoms with E-state index in [0.29, 0.717) is 18.7 Å². The predicted octanol–water partition coefficient (Wildman–Crippen LogP) is 2.63. The van der Waals surface area contributed by atoms with Gasteiger partial charge in [0.2, 0.25) is 0 Å². The van der Waals surface area contributed by atoms with Crippen LogP contribution in [-0.4, -0.2) is 24.3 Å². The fraction of sp³-hybridized carbons (Fsp3) is 0.412. The molecule has 0 radical (unpaired) electrons. The Labute approximate surface area is 131 Å². The molecule has 22 heavy (non-hydrogen) atoms. The molecule has 0 unspecified atom stereocenters. The van der Waals surface area contributed by atoms with Crippen LogP contribution in [0.3, 0.4) is 0 Å². The van der Waals surface area contributed by atoms with E-state index in [4.69, 9.17) is 9.47 Å². The molecule has 0 saturated carbocycles. The average Bonchev–Trinajstić information content (AvgIpc) is 2.42. The van der Waals surface area contributed by atoms with Crippen LogP contribution in [0.25, 0.3) is 0 Å². The predicted molar refractivity (Wildman–Crippen MR) is 83.0 cm³/mol. The van der Waals surface area contributed by atoms with E-state index in [-0.39, 0.29) is 0 Å². The van der Waals surface area contributed by atoms with Gasteiger partial charge in [0.25, 0.3) is 0 Å². The van der Waals surface area contributed by atoms with Crippen molar-refractivity contribution in [2.24, 2.45) is 0 Å². The van der Waals surface area contributed by atoms with Gasteiger partial charge in [0, 0.05) is 18.0 Å². The number of amides is 1. The third kappa shape index (κ3) is 7.34. The SMILES string of the molecule is CCOC(=O)C#Cc1cccc(CNC(=O)OC(C)(C)C)c1. The minimum atomic E-state index is -0.556. The highest BCUT2D eigenvalue weighted by Crippen LogP contribution is 2.08. The Morgan fingerprint density at radius 2 is 2.00 bits per heavy atom. The van der Waals surface area contributed by atoms with Gasteiger partial charge in [0.05, 0.1) is 6.61 Å². The first-order chi connectivity index (χ1) is 10.3. The maximum atomic E-state index is 11.6. The van der Waals surface area contributed by atoms with Crippen molar-refractivity contribution in [3.05, 3.63) is 35.4 Å². The van der Waals surface area contributed by atoms with E-state index in [0.717, 1.165) is 5.56 Å². The van der Waals surface area contributed by atoms with Gasteiger partial charge in [-0.2, -0.15) is 0 Å².